The van der Waals surface area contributed by atoms with Crippen LogP contribution in [0, 0.1) is 0 Å². The van der Waals surface area contributed by atoms with Crippen molar-refractivity contribution >= 4 is 11.6 Å². The molecule has 1 saturated carbocycles. The molecular weight excluding hydrogens is 245 g/mol. The molecule has 0 aromatic carbocycles. The van der Waals surface area contributed by atoms with Gasteiger partial charge in [0.1, 0.15) is 23.5 Å². The average Bonchev–Trinajstić information content (AvgIpc) is 3.03. The predicted octanol–water partition coefficient (Wildman–Crippen LogP) is 2.52. The average molecular weight is 260 g/mol. The molecule has 0 saturated heterocycles. The van der Waals surface area contributed by atoms with Crippen LogP contribution in [0.5, 0.6) is 0 Å². The maximum absolute atomic E-state index is 12.9. The van der Waals surface area contributed by atoms with Gasteiger partial charge in [0, 0.05) is 5.56 Å². The number of alkyl halides is 3. The van der Waals surface area contributed by atoms with Gasteiger partial charge in [-0.25, -0.2) is 9.97 Å². The third kappa shape index (κ3) is 2.21. The van der Waals surface area contributed by atoms with Crippen molar-refractivity contribution in [1.82, 2.24) is 9.97 Å². The smallest absolute Gasteiger partial charge is 0.383 e. The maximum Gasteiger partial charge on any atom is 0.411 e. The van der Waals surface area contributed by atoms with Gasteiger partial charge < -0.3 is 11.1 Å². The van der Waals surface area contributed by atoms with E-state index in [2.05, 4.69) is 15.3 Å². The second-order valence-electron chi connectivity index (χ2n) is 4.54. The molecule has 100 valence electrons. The summed E-state index contributed by atoms with van der Waals surface area (Å²) in [5, 5.41) is 2.51. The first-order chi connectivity index (χ1) is 8.39. The van der Waals surface area contributed by atoms with E-state index in [4.69, 9.17) is 5.73 Å². The summed E-state index contributed by atoms with van der Waals surface area (Å²) in [5.74, 6) is 0.450. The molecule has 2 rings (SSSR count). The lowest BCUT2D eigenvalue weighted by Gasteiger charge is -2.22. The summed E-state index contributed by atoms with van der Waals surface area (Å²) < 4.78 is 38.6. The molecule has 1 fully saturated rings. The van der Waals surface area contributed by atoms with Crippen LogP contribution in [0.15, 0.2) is 6.33 Å². The molecule has 3 N–H and O–H groups in total. The Hall–Kier alpha value is -1.53. The van der Waals surface area contributed by atoms with Crippen molar-refractivity contribution < 1.29 is 13.2 Å². The first-order valence-electron chi connectivity index (χ1n) is 5.84. The Balaban J connectivity index is 2.27. The van der Waals surface area contributed by atoms with Gasteiger partial charge in [0.05, 0.1) is 0 Å². The highest BCUT2D eigenvalue weighted by Gasteiger charge is 2.63. The molecule has 18 heavy (non-hydrogen) atoms. The van der Waals surface area contributed by atoms with Crippen LogP contribution in [0.25, 0.3) is 0 Å². The summed E-state index contributed by atoms with van der Waals surface area (Å²) in [7, 11) is 0. The van der Waals surface area contributed by atoms with Crippen molar-refractivity contribution in [1.29, 1.82) is 0 Å². The number of hydrogen-bond acceptors (Lipinski definition) is 4. The van der Waals surface area contributed by atoms with Gasteiger partial charge in [0.25, 0.3) is 0 Å². The Morgan fingerprint density at radius 3 is 2.56 bits per heavy atom. The minimum atomic E-state index is -4.27. The minimum absolute atomic E-state index is 0.0754. The summed E-state index contributed by atoms with van der Waals surface area (Å²) in [4.78, 5) is 7.71. The van der Waals surface area contributed by atoms with E-state index in [0.29, 0.717) is 12.0 Å². The molecular formula is C11H15F3N4. The molecule has 0 bridgehead atoms. The third-order valence-corrected chi connectivity index (χ3v) is 3.13. The Morgan fingerprint density at radius 2 is 2.06 bits per heavy atom. The lowest BCUT2D eigenvalue weighted by atomic mass is 10.1. The van der Waals surface area contributed by atoms with Gasteiger partial charge in [-0.2, -0.15) is 13.2 Å². The van der Waals surface area contributed by atoms with Gasteiger partial charge in [-0.3, -0.25) is 0 Å². The molecule has 1 aromatic heterocycles. The third-order valence-electron chi connectivity index (χ3n) is 3.13. The van der Waals surface area contributed by atoms with Crippen LogP contribution < -0.4 is 11.1 Å². The lowest BCUT2D eigenvalue weighted by molar-refractivity contribution is -0.151. The number of rotatable bonds is 4. The Kier molecular flexibility index (Phi) is 3.08. The SMILES string of the molecule is CCCc1c(N)ncnc1NC1(C(F)(F)F)CC1. The molecule has 0 spiro atoms. The number of nitrogens with zero attached hydrogens (tertiary/aromatic N) is 2. The summed E-state index contributed by atoms with van der Waals surface area (Å²) in [6.45, 7) is 1.92. The zero-order chi connectivity index (χ0) is 13.4. The highest BCUT2D eigenvalue weighted by atomic mass is 19.4. The van der Waals surface area contributed by atoms with Crippen LogP contribution in [-0.2, 0) is 6.42 Å². The van der Waals surface area contributed by atoms with E-state index in [1.807, 2.05) is 6.92 Å². The van der Waals surface area contributed by atoms with Crippen LogP contribution in [0.2, 0.25) is 0 Å². The molecule has 0 aliphatic heterocycles. The standard InChI is InChI=1S/C11H15F3N4/c1-2-3-7-8(15)16-6-17-9(7)18-10(4-5-10)11(12,13)14/h6H,2-5H2,1H3,(H3,15,16,17,18). The fraction of sp³-hybridized carbons (Fsp3) is 0.636. The van der Waals surface area contributed by atoms with Crippen molar-refractivity contribution in [3.05, 3.63) is 11.9 Å². The highest BCUT2D eigenvalue weighted by molar-refractivity contribution is 5.57. The Morgan fingerprint density at radius 1 is 1.39 bits per heavy atom. The molecule has 1 heterocycles. The molecule has 0 amide bonds. The van der Waals surface area contributed by atoms with Crippen molar-refractivity contribution in [3.8, 4) is 0 Å². The number of anilines is 2. The van der Waals surface area contributed by atoms with Crippen molar-refractivity contribution in [2.24, 2.45) is 0 Å². The van der Waals surface area contributed by atoms with Crippen LogP contribution >= 0.6 is 0 Å². The molecule has 1 aliphatic carbocycles. The first kappa shape index (κ1) is 12.9. The normalized spacial score (nSPS) is 17.6. The second kappa shape index (κ2) is 4.29. The van der Waals surface area contributed by atoms with Gasteiger partial charge in [-0.1, -0.05) is 13.3 Å². The number of aromatic nitrogens is 2. The fourth-order valence-electron chi connectivity index (χ4n) is 1.86. The van der Waals surface area contributed by atoms with Gasteiger partial charge in [-0.15, -0.1) is 0 Å². The quantitative estimate of drug-likeness (QED) is 0.873. The van der Waals surface area contributed by atoms with Crippen LogP contribution in [0.4, 0.5) is 24.8 Å². The zero-order valence-electron chi connectivity index (χ0n) is 10.0. The largest absolute Gasteiger partial charge is 0.411 e. The van der Waals surface area contributed by atoms with E-state index in [9.17, 15) is 13.2 Å². The number of nitrogen functional groups attached to an aromatic ring is 1. The number of halogens is 3. The predicted molar refractivity (Wildman–Crippen MR) is 62.1 cm³/mol. The van der Waals surface area contributed by atoms with Crippen molar-refractivity contribution in [2.75, 3.05) is 11.1 Å². The summed E-state index contributed by atoms with van der Waals surface area (Å²) in [5.41, 5.74) is 4.43. The lowest BCUT2D eigenvalue weighted by Crippen LogP contribution is -2.39. The summed E-state index contributed by atoms with van der Waals surface area (Å²) in [6, 6.07) is 0. The zero-order valence-corrected chi connectivity index (χ0v) is 10.0. The van der Waals surface area contributed by atoms with E-state index < -0.39 is 11.7 Å². The Bertz CT molecular complexity index is 440. The van der Waals surface area contributed by atoms with E-state index in [1.54, 1.807) is 0 Å². The van der Waals surface area contributed by atoms with Gasteiger partial charge in [0.2, 0.25) is 0 Å². The molecule has 1 aliphatic rings. The monoisotopic (exact) mass is 260 g/mol. The summed E-state index contributed by atoms with van der Waals surface area (Å²) in [6.07, 6.45) is -1.61. The van der Waals surface area contributed by atoms with Gasteiger partial charge in [-0.05, 0) is 19.3 Å². The van der Waals surface area contributed by atoms with Gasteiger partial charge in [0.15, 0.2) is 0 Å². The van der Waals surface area contributed by atoms with Crippen molar-refractivity contribution in [3.63, 3.8) is 0 Å². The second-order valence-corrected chi connectivity index (χ2v) is 4.54. The number of nitrogens with two attached hydrogens (primary N) is 1. The number of nitrogens with one attached hydrogen (secondary N) is 1. The summed E-state index contributed by atoms with van der Waals surface area (Å²) >= 11 is 0. The first-order valence-corrected chi connectivity index (χ1v) is 5.84. The van der Waals surface area contributed by atoms with Crippen LogP contribution in [-0.4, -0.2) is 21.7 Å². The van der Waals surface area contributed by atoms with Crippen molar-refractivity contribution in [2.45, 2.75) is 44.3 Å². The maximum atomic E-state index is 12.9. The number of hydrogen-bond donors (Lipinski definition) is 2. The van der Waals surface area contributed by atoms with E-state index in [-0.39, 0.29) is 24.5 Å². The fourth-order valence-corrected chi connectivity index (χ4v) is 1.86. The molecule has 0 radical (unpaired) electrons. The highest BCUT2D eigenvalue weighted by Crippen LogP contribution is 2.51. The van der Waals surface area contributed by atoms with Gasteiger partial charge >= 0.3 is 6.18 Å². The van der Waals surface area contributed by atoms with E-state index >= 15 is 0 Å². The molecule has 0 unspecified atom stereocenters. The van der Waals surface area contributed by atoms with Crippen LogP contribution in [0.1, 0.15) is 31.7 Å². The molecule has 0 atom stereocenters. The minimum Gasteiger partial charge on any atom is -0.383 e. The van der Waals surface area contributed by atoms with Crippen LogP contribution in [0.3, 0.4) is 0 Å². The molecule has 1 aromatic rings. The topological polar surface area (TPSA) is 63.8 Å². The van der Waals surface area contributed by atoms with E-state index in [0.717, 1.165) is 6.42 Å². The van der Waals surface area contributed by atoms with E-state index in [1.165, 1.54) is 6.33 Å². The Labute approximate surface area is 103 Å². The molecule has 4 nitrogen and oxygen atoms in total. The molecule has 7 heteroatoms.